The predicted molar refractivity (Wildman–Crippen MR) is 103 cm³/mol. The second kappa shape index (κ2) is 7.14. The zero-order chi connectivity index (χ0) is 18.1. The quantitative estimate of drug-likeness (QED) is 0.713. The minimum absolute atomic E-state index is 0.229. The van der Waals surface area contributed by atoms with Crippen molar-refractivity contribution in [2.75, 3.05) is 0 Å². The normalized spacial score (nSPS) is 12.8. The SMILES string of the molecule is O=C(NCc1nn(-c2ccccc2)c2c1CCC2)c1ccc(Cl)cc1Cl. The molecule has 1 aliphatic carbocycles. The Balaban J connectivity index is 1.57. The highest BCUT2D eigenvalue weighted by atomic mass is 35.5. The number of carbonyl (C=O) groups is 1. The van der Waals surface area contributed by atoms with Gasteiger partial charge in [-0.3, -0.25) is 4.79 Å². The van der Waals surface area contributed by atoms with Crippen molar-refractivity contribution in [1.82, 2.24) is 15.1 Å². The van der Waals surface area contributed by atoms with Crippen LogP contribution in [0.5, 0.6) is 0 Å². The molecule has 0 radical (unpaired) electrons. The van der Waals surface area contributed by atoms with Gasteiger partial charge in [-0.25, -0.2) is 4.68 Å². The van der Waals surface area contributed by atoms with E-state index in [1.165, 1.54) is 11.3 Å². The average Bonchev–Trinajstić information content (AvgIpc) is 3.23. The molecule has 0 fully saturated rings. The molecule has 1 aromatic heterocycles. The fourth-order valence-corrected chi connectivity index (χ4v) is 3.87. The molecule has 0 bridgehead atoms. The van der Waals surface area contributed by atoms with E-state index in [0.29, 0.717) is 22.2 Å². The van der Waals surface area contributed by atoms with Gasteiger partial charge in [0.15, 0.2) is 0 Å². The Labute approximate surface area is 161 Å². The van der Waals surface area contributed by atoms with Gasteiger partial charge < -0.3 is 5.32 Å². The number of fused-ring (bicyclic) bond motifs is 1. The second-order valence-corrected chi connectivity index (χ2v) is 7.12. The van der Waals surface area contributed by atoms with Crippen LogP contribution in [-0.4, -0.2) is 15.7 Å². The highest BCUT2D eigenvalue weighted by molar-refractivity contribution is 6.36. The molecule has 0 saturated heterocycles. The molecule has 132 valence electrons. The number of benzene rings is 2. The van der Waals surface area contributed by atoms with Crippen molar-refractivity contribution in [2.24, 2.45) is 0 Å². The van der Waals surface area contributed by atoms with Crippen LogP contribution in [0.25, 0.3) is 5.69 Å². The van der Waals surface area contributed by atoms with Crippen LogP contribution in [0, 0.1) is 0 Å². The van der Waals surface area contributed by atoms with E-state index in [-0.39, 0.29) is 5.91 Å². The number of nitrogens with zero attached hydrogens (tertiary/aromatic N) is 2. The Hall–Kier alpha value is -2.30. The maximum absolute atomic E-state index is 12.5. The van der Waals surface area contributed by atoms with Gasteiger partial charge in [0.1, 0.15) is 0 Å². The van der Waals surface area contributed by atoms with E-state index >= 15 is 0 Å². The van der Waals surface area contributed by atoms with Crippen LogP contribution in [0.1, 0.15) is 33.7 Å². The lowest BCUT2D eigenvalue weighted by Gasteiger charge is -2.07. The molecule has 0 unspecified atom stereocenters. The van der Waals surface area contributed by atoms with Crippen LogP contribution in [0.2, 0.25) is 10.0 Å². The molecule has 1 amide bonds. The minimum Gasteiger partial charge on any atom is -0.346 e. The largest absolute Gasteiger partial charge is 0.346 e. The number of halogens is 2. The van der Waals surface area contributed by atoms with Crippen LogP contribution in [0.3, 0.4) is 0 Å². The van der Waals surface area contributed by atoms with Crippen molar-refractivity contribution in [3.05, 3.63) is 81.1 Å². The van der Waals surface area contributed by atoms with E-state index in [1.807, 2.05) is 35.0 Å². The molecule has 6 heteroatoms. The Morgan fingerprint density at radius 2 is 1.92 bits per heavy atom. The van der Waals surface area contributed by atoms with Gasteiger partial charge in [-0.05, 0) is 55.2 Å². The number of hydrogen-bond acceptors (Lipinski definition) is 2. The number of hydrogen-bond donors (Lipinski definition) is 1. The zero-order valence-electron chi connectivity index (χ0n) is 14.0. The summed E-state index contributed by atoms with van der Waals surface area (Å²) in [5.74, 6) is -0.229. The molecular weight excluding hydrogens is 369 g/mol. The van der Waals surface area contributed by atoms with E-state index in [2.05, 4.69) is 5.32 Å². The number of nitrogens with one attached hydrogen (secondary N) is 1. The first-order valence-electron chi connectivity index (χ1n) is 8.52. The van der Waals surface area contributed by atoms with E-state index < -0.39 is 0 Å². The molecule has 1 heterocycles. The summed E-state index contributed by atoms with van der Waals surface area (Å²) in [6.07, 6.45) is 3.12. The molecule has 0 saturated carbocycles. The molecular formula is C20H17Cl2N3O. The summed E-state index contributed by atoms with van der Waals surface area (Å²) in [4.78, 5) is 12.5. The fourth-order valence-electron chi connectivity index (χ4n) is 3.37. The van der Waals surface area contributed by atoms with Gasteiger partial charge in [0.25, 0.3) is 5.91 Å². The molecule has 4 nitrogen and oxygen atoms in total. The van der Waals surface area contributed by atoms with Gasteiger partial charge in [-0.15, -0.1) is 0 Å². The zero-order valence-corrected chi connectivity index (χ0v) is 15.5. The van der Waals surface area contributed by atoms with Crippen molar-refractivity contribution in [2.45, 2.75) is 25.8 Å². The summed E-state index contributed by atoms with van der Waals surface area (Å²) < 4.78 is 2.00. The summed E-state index contributed by atoms with van der Waals surface area (Å²) in [5, 5.41) is 8.53. The molecule has 2 aromatic carbocycles. The number of rotatable bonds is 4. The first kappa shape index (κ1) is 17.1. The number of aromatic nitrogens is 2. The lowest BCUT2D eigenvalue weighted by atomic mass is 10.2. The number of para-hydroxylation sites is 1. The molecule has 3 aromatic rings. The van der Waals surface area contributed by atoms with Crippen LogP contribution >= 0.6 is 23.2 Å². The lowest BCUT2D eigenvalue weighted by molar-refractivity contribution is 0.0950. The number of carbonyl (C=O) groups excluding carboxylic acids is 1. The third kappa shape index (κ3) is 3.22. The molecule has 26 heavy (non-hydrogen) atoms. The molecule has 1 aliphatic rings. The van der Waals surface area contributed by atoms with Crippen molar-refractivity contribution < 1.29 is 4.79 Å². The van der Waals surface area contributed by atoms with E-state index in [0.717, 1.165) is 30.6 Å². The van der Waals surface area contributed by atoms with Gasteiger partial charge in [0, 0.05) is 10.7 Å². The summed E-state index contributed by atoms with van der Waals surface area (Å²) >= 11 is 12.0. The smallest absolute Gasteiger partial charge is 0.253 e. The maximum atomic E-state index is 12.5. The van der Waals surface area contributed by atoms with Gasteiger partial charge in [-0.1, -0.05) is 41.4 Å². The Kier molecular flexibility index (Phi) is 4.70. The third-order valence-electron chi connectivity index (χ3n) is 4.61. The molecule has 0 spiro atoms. The summed E-state index contributed by atoms with van der Waals surface area (Å²) in [7, 11) is 0. The highest BCUT2D eigenvalue weighted by Gasteiger charge is 2.23. The fraction of sp³-hybridized carbons (Fsp3) is 0.200. The van der Waals surface area contributed by atoms with Crippen molar-refractivity contribution in [3.63, 3.8) is 0 Å². The van der Waals surface area contributed by atoms with Crippen LogP contribution in [-0.2, 0) is 19.4 Å². The molecule has 4 rings (SSSR count). The van der Waals surface area contributed by atoms with Gasteiger partial charge in [0.05, 0.1) is 28.5 Å². The van der Waals surface area contributed by atoms with Crippen LogP contribution in [0.15, 0.2) is 48.5 Å². The van der Waals surface area contributed by atoms with Crippen molar-refractivity contribution in [3.8, 4) is 5.69 Å². The first-order valence-corrected chi connectivity index (χ1v) is 9.27. The van der Waals surface area contributed by atoms with Crippen LogP contribution < -0.4 is 5.32 Å². The van der Waals surface area contributed by atoms with E-state index in [1.54, 1.807) is 18.2 Å². The third-order valence-corrected chi connectivity index (χ3v) is 5.15. The van der Waals surface area contributed by atoms with Gasteiger partial charge >= 0.3 is 0 Å². The van der Waals surface area contributed by atoms with E-state index in [4.69, 9.17) is 28.3 Å². The Morgan fingerprint density at radius 1 is 1.12 bits per heavy atom. The summed E-state index contributed by atoms with van der Waals surface area (Å²) in [5.41, 5.74) is 4.86. The van der Waals surface area contributed by atoms with Crippen molar-refractivity contribution >= 4 is 29.1 Å². The Bertz CT molecular complexity index is 967. The number of amides is 1. The maximum Gasteiger partial charge on any atom is 0.253 e. The monoisotopic (exact) mass is 385 g/mol. The van der Waals surface area contributed by atoms with E-state index in [9.17, 15) is 4.79 Å². The molecule has 0 atom stereocenters. The second-order valence-electron chi connectivity index (χ2n) is 6.28. The standard InChI is InChI=1S/C20H17Cl2N3O/c21-13-9-10-15(17(22)11-13)20(26)23-12-18-16-7-4-8-19(16)25(24-18)14-5-2-1-3-6-14/h1-3,5-6,9-11H,4,7-8,12H2,(H,23,26). The lowest BCUT2D eigenvalue weighted by Crippen LogP contribution is -2.24. The van der Waals surface area contributed by atoms with Crippen LogP contribution in [0.4, 0.5) is 0 Å². The average molecular weight is 386 g/mol. The van der Waals surface area contributed by atoms with Gasteiger partial charge in [-0.2, -0.15) is 5.10 Å². The highest BCUT2D eigenvalue weighted by Crippen LogP contribution is 2.28. The molecule has 0 aliphatic heterocycles. The summed E-state index contributed by atoms with van der Waals surface area (Å²) in [6, 6.07) is 14.9. The molecule has 1 N–H and O–H groups in total. The summed E-state index contributed by atoms with van der Waals surface area (Å²) in [6.45, 7) is 0.375. The Morgan fingerprint density at radius 3 is 2.69 bits per heavy atom. The van der Waals surface area contributed by atoms with Crippen molar-refractivity contribution in [1.29, 1.82) is 0 Å². The minimum atomic E-state index is -0.229. The predicted octanol–water partition coefficient (Wildman–Crippen LogP) is 4.60. The van der Waals surface area contributed by atoms with Gasteiger partial charge in [0.2, 0.25) is 0 Å². The first-order chi connectivity index (χ1) is 12.6. The topological polar surface area (TPSA) is 46.9 Å².